The van der Waals surface area contributed by atoms with Crippen LogP contribution < -0.4 is 10.9 Å². The van der Waals surface area contributed by atoms with E-state index in [9.17, 15) is 14.4 Å². The summed E-state index contributed by atoms with van der Waals surface area (Å²) in [6.07, 6.45) is 1.31. The number of aromatic nitrogens is 1. The third kappa shape index (κ3) is 4.62. The van der Waals surface area contributed by atoms with Crippen LogP contribution >= 0.6 is 34.8 Å². The number of carbonyl (C=O) groups excluding carboxylic acids is 2. The van der Waals surface area contributed by atoms with Gasteiger partial charge in [-0.2, -0.15) is 0 Å². The van der Waals surface area contributed by atoms with Crippen LogP contribution in [0.25, 0.3) is 0 Å². The molecule has 1 amide bonds. The average molecular weight is 436 g/mol. The average Bonchev–Trinajstić information content (AvgIpc) is 2.67. The molecule has 1 aromatic heterocycles. The van der Waals surface area contributed by atoms with Crippen molar-refractivity contribution in [2.45, 2.75) is 6.54 Å². The SMILES string of the molecule is O=C(Cn1cc(Cl)cc(Cl)c1=O)Nc1ccc(Cl)cc1C(=O)c1ccccc1. The molecule has 0 bridgehead atoms. The Balaban J connectivity index is 1.88. The summed E-state index contributed by atoms with van der Waals surface area (Å²) in [6, 6.07) is 14.5. The van der Waals surface area contributed by atoms with E-state index in [4.69, 9.17) is 34.8 Å². The molecule has 0 atom stereocenters. The molecule has 0 aliphatic heterocycles. The Kier molecular flexibility index (Phi) is 6.19. The maximum Gasteiger partial charge on any atom is 0.269 e. The smallest absolute Gasteiger partial charge is 0.269 e. The highest BCUT2D eigenvalue weighted by atomic mass is 35.5. The topological polar surface area (TPSA) is 68.2 Å². The van der Waals surface area contributed by atoms with E-state index in [2.05, 4.69) is 5.32 Å². The Morgan fingerprint density at radius 3 is 2.36 bits per heavy atom. The zero-order valence-electron chi connectivity index (χ0n) is 14.3. The van der Waals surface area contributed by atoms with E-state index >= 15 is 0 Å². The van der Waals surface area contributed by atoms with Crippen molar-refractivity contribution in [3.63, 3.8) is 0 Å². The molecule has 1 N–H and O–H groups in total. The van der Waals surface area contributed by atoms with Gasteiger partial charge in [0.05, 0.1) is 10.7 Å². The molecule has 3 aromatic rings. The largest absolute Gasteiger partial charge is 0.324 e. The summed E-state index contributed by atoms with van der Waals surface area (Å²) in [6.45, 7) is -0.319. The normalized spacial score (nSPS) is 10.5. The minimum atomic E-state index is -0.544. The van der Waals surface area contributed by atoms with Crippen molar-refractivity contribution in [1.29, 1.82) is 0 Å². The predicted octanol–water partition coefficient (Wildman–Crippen LogP) is 4.68. The molecule has 0 fully saturated rings. The number of hydrogen-bond donors (Lipinski definition) is 1. The van der Waals surface area contributed by atoms with Gasteiger partial charge in [0.15, 0.2) is 5.78 Å². The minimum absolute atomic E-state index is 0.0910. The molecule has 0 saturated heterocycles. The van der Waals surface area contributed by atoms with Crippen molar-refractivity contribution in [2.75, 3.05) is 5.32 Å². The van der Waals surface area contributed by atoms with Gasteiger partial charge >= 0.3 is 0 Å². The van der Waals surface area contributed by atoms with Gasteiger partial charge in [-0.25, -0.2) is 0 Å². The first kappa shape index (κ1) is 20.1. The second-order valence-electron chi connectivity index (χ2n) is 5.87. The maximum absolute atomic E-state index is 12.8. The highest BCUT2D eigenvalue weighted by Gasteiger charge is 2.17. The first-order valence-corrected chi connectivity index (χ1v) is 9.23. The summed E-state index contributed by atoms with van der Waals surface area (Å²) in [4.78, 5) is 37.3. The summed E-state index contributed by atoms with van der Waals surface area (Å²) < 4.78 is 1.09. The monoisotopic (exact) mass is 434 g/mol. The molecule has 0 unspecified atom stereocenters. The van der Waals surface area contributed by atoms with E-state index in [0.717, 1.165) is 4.57 Å². The molecule has 28 heavy (non-hydrogen) atoms. The molecule has 5 nitrogen and oxygen atoms in total. The number of nitrogens with one attached hydrogen (secondary N) is 1. The summed E-state index contributed by atoms with van der Waals surface area (Å²) >= 11 is 17.7. The first-order chi connectivity index (χ1) is 13.3. The molecule has 0 spiro atoms. The number of ketones is 1. The highest BCUT2D eigenvalue weighted by molar-refractivity contribution is 6.34. The molecule has 3 rings (SSSR count). The molecule has 0 saturated carbocycles. The molecule has 1 heterocycles. The number of pyridine rings is 1. The van der Waals surface area contributed by atoms with Crippen molar-refractivity contribution in [1.82, 2.24) is 4.57 Å². The summed E-state index contributed by atoms with van der Waals surface area (Å²) in [5.74, 6) is -0.814. The van der Waals surface area contributed by atoms with Crippen LogP contribution in [0.2, 0.25) is 15.1 Å². The standard InChI is InChI=1S/C20H13Cl3N2O3/c21-13-6-7-17(15(8-13)19(27)12-4-2-1-3-5-12)24-18(26)11-25-10-14(22)9-16(23)20(25)28/h1-10H,11H2,(H,24,26). The van der Waals surface area contributed by atoms with Crippen LogP contribution in [0, 0.1) is 0 Å². The fourth-order valence-corrected chi connectivity index (χ4v) is 3.27. The van der Waals surface area contributed by atoms with Crippen molar-refractivity contribution in [2.24, 2.45) is 0 Å². The number of rotatable bonds is 5. The molecule has 0 radical (unpaired) electrons. The lowest BCUT2D eigenvalue weighted by Crippen LogP contribution is -2.28. The van der Waals surface area contributed by atoms with E-state index in [-0.39, 0.29) is 33.6 Å². The summed E-state index contributed by atoms with van der Waals surface area (Å²) in [5, 5.41) is 3.13. The zero-order valence-corrected chi connectivity index (χ0v) is 16.6. The zero-order chi connectivity index (χ0) is 20.3. The van der Waals surface area contributed by atoms with Crippen molar-refractivity contribution in [3.05, 3.63) is 97.3 Å². The van der Waals surface area contributed by atoms with Gasteiger partial charge in [0, 0.05) is 22.3 Å². The van der Waals surface area contributed by atoms with Gasteiger partial charge < -0.3 is 9.88 Å². The Labute approximate surface area is 175 Å². The van der Waals surface area contributed by atoms with Crippen LogP contribution in [-0.4, -0.2) is 16.3 Å². The number of carbonyl (C=O) groups is 2. The van der Waals surface area contributed by atoms with Gasteiger partial charge in [-0.1, -0.05) is 65.1 Å². The molecule has 2 aromatic carbocycles. The minimum Gasteiger partial charge on any atom is -0.324 e. The quantitative estimate of drug-likeness (QED) is 0.592. The third-order valence-corrected chi connectivity index (χ3v) is 4.57. The van der Waals surface area contributed by atoms with Gasteiger partial charge in [-0.05, 0) is 24.3 Å². The first-order valence-electron chi connectivity index (χ1n) is 8.10. The number of anilines is 1. The number of halogens is 3. The molecule has 8 heteroatoms. The number of benzene rings is 2. The van der Waals surface area contributed by atoms with Gasteiger partial charge in [0.1, 0.15) is 11.6 Å². The Bertz CT molecular complexity index is 1110. The van der Waals surface area contributed by atoms with Gasteiger partial charge in [0.25, 0.3) is 5.56 Å². The highest BCUT2D eigenvalue weighted by Crippen LogP contribution is 2.24. The number of nitrogens with zero attached hydrogens (tertiary/aromatic N) is 1. The van der Waals surface area contributed by atoms with E-state index in [0.29, 0.717) is 10.6 Å². The molecule has 0 aliphatic carbocycles. The van der Waals surface area contributed by atoms with Crippen LogP contribution in [-0.2, 0) is 11.3 Å². The maximum atomic E-state index is 12.8. The summed E-state index contributed by atoms with van der Waals surface area (Å²) in [7, 11) is 0. The Morgan fingerprint density at radius 1 is 0.929 bits per heavy atom. The van der Waals surface area contributed by atoms with Crippen LogP contribution in [0.3, 0.4) is 0 Å². The van der Waals surface area contributed by atoms with Crippen LogP contribution in [0.15, 0.2) is 65.6 Å². The second-order valence-corrected chi connectivity index (χ2v) is 7.15. The van der Waals surface area contributed by atoms with Gasteiger partial charge in [-0.3, -0.25) is 14.4 Å². The summed E-state index contributed by atoms with van der Waals surface area (Å²) in [5.41, 5.74) is 0.434. The van der Waals surface area contributed by atoms with E-state index in [1.54, 1.807) is 36.4 Å². The fourth-order valence-electron chi connectivity index (χ4n) is 2.59. The fraction of sp³-hybridized carbons (Fsp3) is 0.0500. The Morgan fingerprint density at radius 2 is 1.64 bits per heavy atom. The lowest BCUT2D eigenvalue weighted by atomic mass is 10.0. The molecular weight excluding hydrogens is 423 g/mol. The van der Waals surface area contributed by atoms with Crippen molar-refractivity contribution < 1.29 is 9.59 Å². The second kappa shape index (κ2) is 8.61. The third-order valence-electron chi connectivity index (χ3n) is 3.86. The predicted molar refractivity (Wildman–Crippen MR) is 111 cm³/mol. The van der Waals surface area contributed by atoms with Gasteiger partial charge in [-0.15, -0.1) is 0 Å². The molecular formula is C20H13Cl3N2O3. The van der Waals surface area contributed by atoms with E-state index < -0.39 is 11.5 Å². The molecule has 0 aliphatic rings. The Hall–Kier alpha value is -2.60. The number of hydrogen-bond acceptors (Lipinski definition) is 3. The van der Waals surface area contributed by atoms with Gasteiger partial charge in [0.2, 0.25) is 5.91 Å². The van der Waals surface area contributed by atoms with Crippen molar-refractivity contribution in [3.8, 4) is 0 Å². The van der Waals surface area contributed by atoms with Crippen LogP contribution in [0.1, 0.15) is 15.9 Å². The van der Waals surface area contributed by atoms with Crippen molar-refractivity contribution >= 4 is 52.2 Å². The lowest BCUT2D eigenvalue weighted by molar-refractivity contribution is -0.116. The molecule has 142 valence electrons. The van der Waals surface area contributed by atoms with E-state index in [1.165, 1.54) is 24.4 Å². The van der Waals surface area contributed by atoms with E-state index in [1.807, 2.05) is 0 Å². The van der Waals surface area contributed by atoms with Crippen LogP contribution in [0.4, 0.5) is 5.69 Å². The lowest BCUT2D eigenvalue weighted by Gasteiger charge is -2.12. The number of amides is 1. The van der Waals surface area contributed by atoms with Crippen LogP contribution in [0.5, 0.6) is 0 Å².